The number of aliphatic imine (C=N–C) groups is 1. The van der Waals surface area contributed by atoms with E-state index in [-0.39, 0.29) is 5.91 Å². The van der Waals surface area contributed by atoms with E-state index < -0.39 is 0 Å². The maximum atomic E-state index is 12.0. The smallest absolute Gasteiger partial charge is 0.286 e. The van der Waals surface area contributed by atoms with Crippen LogP contribution in [0.5, 0.6) is 0 Å². The van der Waals surface area contributed by atoms with Crippen molar-refractivity contribution in [3.63, 3.8) is 0 Å². The van der Waals surface area contributed by atoms with E-state index in [1.165, 1.54) is 36.6 Å². The summed E-state index contributed by atoms with van der Waals surface area (Å²) in [6.07, 6.45) is 5.63. The van der Waals surface area contributed by atoms with Crippen LogP contribution in [0, 0.1) is 6.92 Å². The van der Waals surface area contributed by atoms with Crippen LogP contribution in [0.4, 0.5) is 0 Å². The van der Waals surface area contributed by atoms with Gasteiger partial charge in [0.05, 0.1) is 4.91 Å². The monoisotopic (exact) mass is 286 g/mol. The second kappa shape index (κ2) is 5.83. The molecule has 20 heavy (non-hydrogen) atoms. The second-order valence-electron chi connectivity index (χ2n) is 5.27. The highest BCUT2D eigenvalue weighted by Crippen LogP contribution is 2.31. The Labute approximate surface area is 123 Å². The lowest BCUT2D eigenvalue weighted by Crippen LogP contribution is -2.33. The molecule has 2 aliphatic rings. The summed E-state index contributed by atoms with van der Waals surface area (Å²) in [7, 11) is 0. The van der Waals surface area contributed by atoms with Crippen molar-refractivity contribution in [3.05, 3.63) is 40.3 Å². The van der Waals surface area contributed by atoms with Crippen LogP contribution in [0.25, 0.3) is 6.08 Å². The molecule has 1 saturated heterocycles. The highest BCUT2D eigenvalue weighted by Gasteiger charge is 2.26. The molecule has 0 aliphatic carbocycles. The summed E-state index contributed by atoms with van der Waals surface area (Å²) in [5.74, 6) is -0.0999. The zero-order chi connectivity index (χ0) is 13.9. The van der Waals surface area contributed by atoms with Gasteiger partial charge in [0.2, 0.25) is 0 Å². The lowest BCUT2D eigenvalue weighted by Gasteiger charge is -2.27. The van der Waals surface area contributed by atoms with Gasteiger partial charge in [-0.15, -0.1) is 0 Å². The van der Waals surface area contributed by atoms with E-state index in [0.717, 1.165) is 28.7 Å². The molecule has 0 spiro atoms. The Balaban J connectivity index is 1.76. The van der Waals surface area contributed by atoms with Crippen molar-refractivity contribution in [2.75, 3.05) is 13.1 Å². The zero-order valence-corrected chi connectivity index (χ0v) is 12.4. The number of piperidine rings is 1. The van der Waals surface area contributed by atoms with Gasteiger partial charge in [-0.3, -0.25) is 4.79 Å². The van der Waals surface area contributed by atoms with E-state index in [0.29, 0.717) is 0 Å². The fraction of sp³-hybridized carbons (Fsp3) is 0.375. The number of rotatable bonds is 1. The fourth-order valence-corrected chi connectivity index (χ4v) is 3.49. The van der Waals surface area contributed by atoms with Crippen molar-refractivity contribution < 1.29 is 4.79 Å². The molecule has 0 bridgehead atoms. The third-order valence-electron chi connectivity index (χ3n) is 3.58. The number of likely N-dealkylation sites (tertiary alicyclic amines) is 1. The number of benzene rings is 1. The molecule has 0 atom stereocenters. The van der Waals surface area contributed by atoms with E-state index in [1.807, 2.05) is 18.2 Å². The molecule has 1 aromatic carbocycles. The first-order valence-electron chi connectivity index (χ1n) is 7.06. The molecule has 0 unspecified atom stereocenters. The first-order valence-corrected chi connectivity index (χ1v) is 7.88. The molecule has 0 N–H and O–H groups in total. The SMILES string of the molecule is Cc1cccc(C=C2SC(N3CCCCC3)=NC2=O)c1. The number of nitrogens with zero attached hydrogens (tertiary/aromatic N) is 2. The molecule has 104 valence electrons. The highest BCUT2D eigenvalue weighted by atomic mass is 32.2. The third-order valence-corrected chi connectivity index (χ3v) is 4.62. The highest BCUT2D eigenvalue weighted by molar-refractivity contribution is 8.18. The minimum absolute atomic E-state index is 0.0999. The minimum Gasteiger partial charge on any atom is -0.351 e. The van der Waals surface area contributed by atoms with Gasteiger partial charge in [-0.2, -0.15) is 4.99 Å². The molecule has 1 amide bonds. The maximum Gasteiger partial charge on any atom is 0.286 e. The summed E-state index contributed by atoms with van der Waals surface area (Å²) >= 11 is 1.51. The van der Waals surface area contributed by atoms with Gasteiger partial charge in [0.25, 0.3) is 5.91 Å². The van der Waals surface area contributed by atoms with Crippen molar-refractivity contribution in [1.29, 1.82) is 0 Å². The van der Waals surface area contributed by atoms with Crippen molar-refractivity contribution in [1.82, 2.24) is 4.90 Å². The molecular formula is C16H18N2OS. The fourth-order valence-electron chi connectivity index (χ4n) is 2.53. The van der Waals surface area contributed by atoms with Gasteiger partial charge in [-0.05, 0) is 49.6 Å². The Hall–Kier alpha value is -1.55. The Morgan fingerprint density at radius 1 is 1.25 bits per heavy atom. The predicted molar refractivity (Wildman–Crippen MR) is 84.6 cm³/mol. The average molecular weight is 286 g/mol. The minimum atomic E-state index is -0.0999. The lowest BCUT2D eigenvalue weighted by molar-refractivity contribution is -0.113. The number of hydrogen-bond donors (Lipinski definition) is 0. The van der Waals surface area contributed by atoms with Crippen LogP contribution in [-0.4, -0.2) is 29.1 Å². The first kappa shape index (κ1) is 13.4. The average Bonchev–Trinajstić information content (AvgIpc) is 2.81. The zero-order valence-electron chi connectivity index (χ0n) is 11.6. The van der Waals surface area contributed by atoms with Crippen LogP contribution in [-0.2, 0) is 4.79 Å². The molecular weight excluding hydrogens is 268 g/mol. The Kier molecular flexibility index (Phi) is 3.92. The number of thioether (sulfide) groups is 1. The van der Waals surface area contributed by atoms with E-state index in [1.54, 1.807) is 0 Å². The molecule has 4 heteroatoms. The van der Waals surface area contributed by atoms with Crippen molar-refractivity contribution in [2.45, 2.75) is 26.2 Å². The molecule has 0 saturated carbocycles. The van der Waals surface area contributed by atoms with E-state index in [2.05, 4.69) is 28.9 Å². The molecule has 3 rings (SSSR count). The summed E-state index contributed by atoms with van der Waals surface area (Å²) in [4.78, 5) is 19.2. The van der Waals surface area contributed by atoms with Gasteiger partial charge in [0, 0.05) is 13.1 Å². The summed E-state index contributed by atoms with van der Waals surface area (Å²) in [5.41, 5.74) is 2.27. The van der Waals surface area contributed by atoms with Gasteiger partial charge in [-0.25, -0.2) is 0 Å². The van der Waals surface area contributed by atoms with Crippen LogP contribution < -0.4 is 0 Å². The number of carbonyl (C=O) groups is 1. The predicted octanol–water partition coefficient (Wildman–Crippen LogP) is 3.45. The van der Waals surface area contributed by atoms with E-state index in [9.17, 15) is 4.79 Å². The normalized spacial score (nSPS) is 21.4. The molecule has 2 heterocycles. The van der Waals surface area contributed by atoms with Crippen molar-refractivity contribution in [3.8, 4) is 0 Å². The van der Waals surface area contributed by atoms with Crippen LogP contribution in [0.2, 0.25) is 0 Å². The molecule has 0 aromatic heterocycles. The maximum absolute atomic E-state index is 12.0. The molecule has 2 aliphatic heterocycles. The van der Waals surface area contributed by atoms with Gasteiger partial charge in [-0.1, -0.05) is 29.8 Å². The summed E-state index contributed by atoms with van der Waals surface area (Å²) < 4.78 is 0. The second-order valence-corrected chi connectivity index (χ2v) is 6.28. The number of amidine groups is 1. The van der Waals surface area contributed by atoms with Crippen molar-refractivity contribution in [2.24, 2.45) is 4.99 Å². The molecule has 1 aromatic rings. The van der Waals surface area contributed by atoms with Crippen LogP contribution >= 0.6 is 11.8 Å². The van der Waals surface area contributed by atoms with Gasteiger partial charge < -0.3 is 4.90 Å². The largest absolute Gasteiger partial charge is 0.351 e. The van der Waals surface area contributed by atoms with Gasteiger partial charge in [0.1, 0.15) is 0 Å². The number of amides is 1. The standard InChI is InChI=1S/C16H18N2OS/c1-12-6-5-7-13(10-12)11-14-15(19)17-16(20-14)18-8-3-2-4-9-18/h5-7,10-11H,2-4,8-9H2,1H3. The lowest BCUT2D eigenvalue weighted by atomic mass is 10.1. The molecule has 1 fully saturated rings. The number of carbonyl (C=O) groups excluding carboxylic acids is 1. The topological polar surface area (TPSA) is 32.7 Å². The van der Waals surface area contributed by atoms with Crippen molar-refractivity contribution >= 4 is 28.9 Å². The summed E-state index contributed by atoms with van der Waals surface area (Å²) in [5, 5.41) is 0.883. The third kappa shape index (κ3) is 2.96. The van der Waals surface area contributed by atoms with Crippen LogP contribution in [0.15, 0.2) is 34.2 Å². The Bertz CT molecular complexity index is 586. The van der Waals surface area contributed by atoms with Gasteiger partial charge >= 0.3 is 0 Å². The molecule has 0 radical (unpaired) electrons. The Morgan fingerprint density at radius 3 is 2.80 bits per heavy atom. The summed E-state index contributed by atoms with van der Waals surface area (Å²) in [6.45, 7) is 4.11. The quantitative estimate of drug-likeness (QED) is 0.741. The molecule has 3 nitrogen and oxygen atoms in total. The van der Waals surface area contributed by atoms with Gasteiger partial charge in [0.15, 0.2) is 5.17 Å². The summed E-state index contributed by atoms with van der Waals surface area (Å²) in [6, 6.07) is 8.17. The van der Waals surface area contributed by atoms with E-state index >= 15 is 0 Å². The van der Waals surface area contributed by atoms with Crippen LogP contribution in [0.1, 0.15) is 30.4 Å². The Morgan fingerprint density at radius 2 is 2.05 bits per heavy atom. The number of aryl methyl sites for hydroxylation is 1. The first-order chi connectivity index (χ1) is 9.72. The number of hydrogen-bond acceptors (Lipinski definition) is 3. The van der Waals surface area contributed by atoms with Crippen LogP contribution in [0.3, 0.4) is 0 Å². The van der Waals surface area contributed by atoms with E-state index in [4.69, 9.17) is 0 Å².